The van der Waals surface area contributed by atoms with Crippen molar-refractivity contribution in [1.82, 2.24) is 10.4 Å². The van der Waals surface area contributed by atoms with Crippen LogP contribution in [0.2, 0.25) is 0 Å². The Morgan fingerprint density at radius 3 is 2.52 bits per heavy atom. The summed E-state index contributed by atoms with van der Waals surface area (Å²) >= 11 is 0. The van der Waals surface area contributed by atoms with E-state index in [9.17, 15) is 19.2 Å². The normalized spacial score (nSPS) is 15.7. The number of hydrogen-bond acceptors (Lipinski definition) is 6. The summed E-state index contributed by atoms with van der Waals surface area (Å²) in [7, 11) is 1.49. The largest absolute Gasteiger partial charge is 0.497 e. The molecular weight excluding hydrogens is 376 g/mol. The van der Waals surface area contributed by atoms with Crippen molar-refractivity contribution >= 4 is 23.6 Å². The second-order valence-electron chi connectivity index (χ2n) is 6.48. The van der Waals surface area contributed by atoms with E-state index in [1.807, 2.05) is 0 Å². The van der Waals surface area contributed by atoms with Crippen molar-refractivity contribution in [2.24, 2.45) is 5.92 Å². The standard InChI is InChI=1S/C21H20N2O6/c1-28-17-9-5-8-15(10-17)18(24)13-29-21(27)16-11-19(25)23(12-16)22-20(26)14-6-3-2-4-7-14/h2-10,16H,11-13H2,1H3,(H,22,26)/t16-/m0/s1. The molecule has 1 saturated heterocycles. The van der Waals surface area contributed by atoms with Crippen molar-refractivity contribution in [3.8, 4) is 5.75 Å². The molecule has 2 amide bonds. The van der Waals surface area contributed by atoms with E-state index < -0.39 is 30.3 Å². The number of amides is 2. The summed E-state index contributed by atoms with van der Waals surface area (Å²) in [5, 5.41) is 1.10. The van der Waals surface area contributed by atoms with E-state index in [4.69, 9.17) is 9.47 Å². The lowest BCUT2D eigenvalue weighted by molar-refractivity contribution is -0.147. The second-order valence-corrected chi connectivity index (χ2v) is 6.48. The van der Waals surface area contributed by atoms with Gasteiger partial charge in [-0.15, -0.1) is 0 Å². The fraction of sp³-hybridized carbons (Fsp3) is 0.238. The van der Waals surface area contributed by atoms with Crippen LogP contribution in [-0.4, -0.2) is 48.8 Å². The first-order valence-electron chi connectivity index (χ1n) is 8.98. The van der Waals surface area contributed by atoms with Crippen LogP contribution >= 0.6 is 0 Å². The third kappa shape index (κ3) is 4.98. The van der Waals surface area contributed by atoms with Gasteiger partial charge in [-0.3, -0.25) is 29.6 Å². The third-order valence-corrected chi connectivity index (χ3v) is 4.47. The van der Waals surface area contributed by atoms with Gasteiger partial charge >= 0.3 is 5.97 Å². The molecule has 0 aliphatic carbocycles. The van der Waals surface area contributed by atoms with Gasteiger partial charge in [-0.2, -0.15) is 0 Å². The van der Waals surface area contributed by atoms with Crippen LogP contribution in [0.15, 0.2) is 54.6 Å². The molecule has 8 nitrogen and oxygen atoms in total. The van der Waals surface area contributed by atoms with Crippen LogP contribution in [0.1, 0.15) is 27.1 Å². The van der Waals surface area contributed by atoms with Crippen LogP contribution in [-0.2, 0) is 14.3 Å². The average molecular weight is 396 g/mol. The summed E-state index contributed by atoms with van der Waals surface area (Å²) in [6, 6.07) is 14.9. The van der Waals surface area contributed by atoms with Crippen LogP contribution in [0.4, 0.5) is 0 Å². The summed E-state index contributed by atoms with van der Waals surface area (Å²) in [4.78, 5) is 48.7. The fourth-order valence-electron chi connectivity index (χ4n) is 2.88. The first-order chi connectivity index (χ1) is 14.0. The highest BCUT2D eigenvalue weighted by atomic mass is 16.5. The maximum Gasteiger partial charge on any atom is 0.311 e. The van der Waals surface area contributed by atoms with Gasteiger partial charge in [0.05, 0.1) is 19.6 Å². The first kappa shape index (κ1) is 20.1. The quantitative estimate of drug-likeness (QED) is 0.564. The number of methoxy groups -OCH3 is 1. The zero-order valence-corrected chi connectivity index (χ0v) is 15.8. The number of Topliss-reactive ketones (excluding diaryl/α,β-unsaturated/α-hetero) is 1. The molecule has 0 radical (unpaired) electrons. The highest BCUT2D eigenvalue weighted by molar-refractivity contribution is 5.99. The monoisotopic (exact) mass is 396 g/mol. The van der Waals surface area contributed by atoms with E-state index in [0.717, 1.165) is 5.01 Å². The molecule has 0 spiro atoms. The minimum atomic E-state index is -0.753. The molecular formula is C21H20N2O6. The maximum absolute atomic E-state index is 12.3. The van der Waals surface area contributed by atoms with Gasteiger partial charge in [0.1, 0.15) is 5.75 Å². The van der Waals surface area contributed by atoms with Gasteiger partial charge in [0.25, 0.3) is 5.91 Å². The Kier molecular flexibility index (Phi) is 6.23. The van der Waals surface area contributed by atoms with E-state index in [2.05, 4.69) is 5.43 Å². The molecule has 1 heterocycles. The molecule has 1 aliphatic heterocycles. The SMILES string of the molecule is COc1cccc(C(=O)COC(=O)[C@H]2CC(=O)N(NC(=O)c3ccccc3)C2)c1. The number of esters is 1. The Hall–Kier alpha value is -3.68. The van der Waals surface area contributed by atoms with Gasteiger partial charge in [-0.25, -0.2) is 0 Å². The second kappa shape index (κ2) is 9.01. The van der Waals surface area contributed by atoms with Crippen molar-refractivity contribution in [3.63, 3.8) is 0 Å². The lowest BCUT2D eigenvalue weighted by Gasteiger charge is -2.17. The predicted octanol–water partition coefficient (Wildman–Crippen LogP) is 1.61. The Morgan fingerprint density at radius 2 is 1.79 bits per heavy atom. The molecule has 29 heavy (non-hydrogen) atoms. The fourth-order valence-corrected chi connectivity index (χ4v) is 2.88. The molecule has 1 N–H and O–H groups in total. The Morgan fingerprint density at radius 1 is 1.07 bits per heavy atom. The van der Waals surface area contributed by atoms with Crippen LogP contribution in [0.25, 0.3) is 0 Å². The summed E-state index contributed by atoms with van der Waals surface area (Å²) in [5.41, 5.74) is 3.25. The maximum atomic E-state index is 12.3. The van der Waals surface area contributed by atoms with Crippen LogP contribution in [0.3, 0.4) is 0 Å². The molecule has 0 saturated carbocycles. The molecule has 2 aromatic carbocycles. The Labute approximate surface area is 167 Å². The summed E-state index contributed by atoms with van der Waals surface area (Å²) in [6.07, 6.45) is -0.0960. The van der Waals surface area contributed by atoms with E-state index >= 15 is 0 Å². The van der Waals surface area contributed by atoms with Crippen LogP contribution in [0, 0.1) is 5.92 Å². The minimum absolute atomic E-state index is 0.0103. The number of carbonyl (C=O) groups excluding carboxylic acids is 4. The number of nitrogens with zero attached hydrogens (tertiary/aromatic N) is 1. The van der Waals surface area contributed by atoms with Gasteiger partial charge < -0.3 is 9.47 Å². The van der Waals surface area contributed by atoms with Crippen molar-refractivity contribution < 1.29 is 28.7 Å². The zero-order valence-electron chi connectivity index (χ0n) is 15.8. The number of carbonyl (C=O) groups is 4. The van der Waals surface area contributed by atoms with Crippen molar-refractivity contribution in [2.45, 2.75) is 6.42 Å². The zero-order chi connectivity index (χ0) is 20.8. The van der Waals surface area contributed by atoms with Gasteiger partial charge in [0, 0.05) is 17.5 Å². The first-order valence-corrected chi connectivity index (χ1v) is 8.98. The molecule has 8 heteroatoms. The van der Waals surface area contributed by atoms with Gasteiger partial charge in [-0.05, 0) is 24.3 Å². The molecule has 0 bridgehead atoms. The number of benzene rings is 2. The molecule has 1 atom stereocenters. The van der Waals surface area contributed by atoms with Crippen LogP contribution < -0.4 is 10.2 Å². The minimum Gasteiger partial charge on any atom is -0.497 e. The molecule has 3 rings (SSSR count). The lowest BCUT2D eigenvalue weighted by atomic mass is 10.1. The Bertz CT molecular complexity index is 928. The summed E-state index contributed by atoms with van der Waals surface area (Å²) in [6.45, 7) is -0.448. The van der Waals surface area contributed by atoms with E-state index in [-0.39, 0.29) is 18.7 Å². The van der Waals surface area contributed by atoms with E-state index in [1.54, 1.807) is 54.6 Å². The van der Waals surface area contributed by atoms with E-state index in [1.165, 1.54) is 7.11 Å². The van der Waals surface area contributed by atoms with Crippen molar-refractivity contribution in [3.05, 3.63) is 65.7 Å². The topological polar surface area (TPSA) is 102 Å². The number of ether oxygens (including phenoxy) is 2. The van der Waals surface area contributed by atoms with E-state index in [0.29, 0.717) is 16.9 Å². The lowest BCUT2D eigenvalue weighted by Crippen LogP contribution is -2.43. The van der Waals surface area contributed by atoms with Gasteiger partial charge in [0.15, 0.2) is 12.4 Å². The Balaban J connectivity index is 1.52. The highest BCUT2D eigenvalue weighted by Crippen LogP contribution is 2.19. The third-order valence-electron chi connectivity index (χ3n) is 4.47. The highest BCUT2D eigenvalue weighted by Gasteiger charge is 2.36. The predicted molar refractivity (Wildman–Crippen MR) is 102 cm³/mol. The number of nitrogens with one attached hydrogen (secondary N) is 1. The summed E-state index contributed by atoms with van der Waals surface area (Å²) in [5.74, 6) is -2.11. The molecule has 0 aromatic heterocycles. The van der Waals surface area contributed by atoms with Gasteiger partial charge in [-0.1, -0.05) is 30.3 Å². The molecule has 150 valence electrons. The molecule has 0 unspecified atom stereocenters. The van der Waals surface area contributed by atoms with Crippen LogP contribution in [0.5, 0.6) is 5.75 Å². The van der Waals surface area contributed by atoms with Crippen molar-refractivity contribution in [2.75, 3.05) is 20.3 Å². The smallest absolute Gasteiger partial charge is 0.311 e. The molecule has 2 aromatic rings. The average Bonchev–Trinajstić information content (AvgIpc) is 3.12. The summed E-state index contributed by atoms with van der Waals surface area (Å²) < 4.78 is 10.1. The number of ketones is 1. The molecule has 1 aliphatic rings. The van der Waals surface area contributed by atoms with Crippen molar-refractivity contribution in [1.29, 1.82) is 0 Å². The molecule has 1 fully saturated rings. The number of hydrazine groups is 1. The van der Waals surface area contributed by atoms with Gasteiger partial charge in [0.2, 0.25) is 5.91 Å². The number of hydrogen-bond donors (Lipinski definition) is 1. The number of rotatable bonds is 7.